The van der Waals surface area contributed by atoms with Gasteiger partial charge in [-0.1, -0.05) is 11.3 Å². The molecule has 1 heterocycles. The fourth-order valence-electron chi connectivity index (χ4n) is 1.28. The summed E-state index contributed by atoms with van der Waals surface area (Å²) in [6.07, 6.45) is 0. The molecule has 1 amide bonds. The Morgan fingerprint density at radius 1 is 1.38 bits per heavy atom. The molecule has 0 fully saturated rings. The summed E-state index contributed by atoms with van der Waals surface area (Å²) in [4.78, 5) is 10.9. The van der Waals surface area contributed by atoms with E-state index in [1.54, 1.807) is 0 Å². The first-order chi connectivity index (χ1) is 9.78. The molecule has 0 radical (unpaired) electrons. The zero-order valence-electron chi connectivity index (χ0n) is 10.4. The Morgan fingerprint density at radius 3 is 2.76 bits per heavy atom. The van der Waals surface area contributed by atoms with Crippen LogP contribution in [0.4, 0.5) is 15.2 Å². The number of sulfonamides is 1. The summed E-state index contributed by atoms with van der Waals surface area (Å²) < 4.78 is 39.6. The van der Waals surface area contributed by atoms with Crippen molar-refractivity contribution >= 4 is 54.0 Å². The molecule has 1 aromatic carbocycles. The van der Waals surface area contributed by atoms with Gasteiger partial charge in [-0.15, -0.1) is 10.2 Å². The number of anilines is 2. The number of amides is 1. The zero-order valence-corrected chi connectivity index (χ0v) is 13.6. The molecule has 112 valence electrons. The largest absolute Gasteiger partial charge is 0.301 e. The number of carbonyl (C=O) groups is 1. The lowest BCUT2D eigenvalue weighted by Crippen LogP contribution is -2.13. The van der Waals surface area contributed by atoms with Gasteiger partial charge in [0.25, 0.3) is 14.4 Å². The molecule has 2 rings (SSSR count). The van der Waals surface area contributed by atoms with Crippen molar-refractivity contribution in [3.8, 4) is 0 Å². The van der Waals surface area contributed by atoms with Crippen LogP contribution in [-0.4, -0.2) is 24.5 Å². The van der Waals surface area contributed by atoms with Crippen molar-refractivity contribution in [2.75, 3.05) is 10.0 Å². The number of aromatic nitrogens is 2. The molecule has 7 nitrogen and oxygen atoms in total. The van der Waals surface area contributed by atoms with E-state index in [0.29, 0.717) is 15.8 Å². The van der Waals surface area contributed by atoms with Crippen molar-refractivity contribution in [1.82, 2.24) is 10.2 Å². The summed E-state index contributed by atoms with van der Waals surface area (Å²) in [7, 11) is -4.02. The number of rotatable bonds is 4. The Balaban J connectivity index is 2.28. The first-order valence-electron chi connectivity index (χ1n) is 5.37. The highest BCUT2D eigenvalue weighted by Gasteiger charge is 2.21. The highest BCUT2D eigenvalue weighted by atomic mass is 79.9. The summed E-state index contributed by atoms with van der Waals surface area (Å²) in [6, 6.07) is 3.58. The average molecular weight is 395 g/mol. The van der Waals surface area contributed by atoms with Gasteiger partial charge in [0.2, 0.25) is 11.0 Å². The van der Waals surface area contributed by atoms with Gasteiger partial charge in [-0.2, -0.15) is 8.42 Å². The second-order valence-corrected chi connectivity index (χ2v) is 7.47. The van der Waals surface area contributed by atoms with Crippen LogP contribution in [0.25, 0.3) is 0 Å². The molecule has 0 spiro atoms. The van der Waals surface area contributed by atoms with Crippen molar-refractivity contribution in [1.29, 1.82) is 0 Å². The SMILES string of the molecule is CC(=O)Nc1nnc(S(=O)(=O)Nc2cc(F)ccc2Br)s1. The molecule has 21 heavy (non-hydrogen) atoms. The van der Waals surface area contributed by atoms with Crippen molar-refractivity contribution in [2.45, 2.75) is 11.3 Å². The quantitative estimate of drug-likeness (QED) is 0.773. The fraction of sp³-hybridized carbons (Fsp3) is 0.100. The molecule has 0 unspecified atom stereocenters. The Bertz CT molecular complexity index is 793. The Labute approximate surface area is 131 Å². The van der Waals surface area contributed by atoms with Gasteiger partial charge >= 0.3 is 0 Å². The van der Waals surface area contributed by atoms with Crippen LogP contribution in [0.5, 0.6) is 0 Å². The first kappa shape index (κ1) is 15.8. The molecule has 0 aliphatic rings. The molecule has 0 aliphatic heterocycles. The van der Waals surface area contributed by atoms with Gasteiger partial charge in [0, 0.05) is 11.4 Å². The number of carbonyl (C=O) groups excluding carboxylic acids is 1. The van der Waals surface area contributed by atoms with Crippen LogP contribution in [0.15, 0.2) is 27.0 Å². The maximum Gasteiger partial charge on any atom is 0.291 e. The van der Waals surface area contributed by atoms with Gasteiger partial charge in [0.1, 0.15) is 5.82 Å². The van der Waals surface area contributed by atoms with E-state index in [2.05, 4.69) is 36.2 Å². The van der Waals surface area contributed by atoms with Gasteiger partial charge < -0.3 is 5.32 Å². The van der Waals surface area contributed by atoms with Crippen molar-refractivity contribution < 1.29 is 17.6 Å². The average Bonchev–Trinajstić information content (AvgIpc) is 2.82. The number of hydrogen-bond donors (Lipinski definition) is 2. The predicted molar refractivity (Wildman–Crippen MR) is 79.1 cm³/mol. The number of nitrogens with zero attached hydrogens (tertiary/aromatic N) is 2. The molecular weight excluding hydrogens is 387 g/mol. The van der Waals surface area contributed by atoms with E-state index in [1.165, 1.54) is 19.1 Å². The van der Waals surface area contributed by atoms with E-state index < -0.39 is 21.7 Å². The van der Waals surface area contributed by atoms with E-state index in [9.17, 15) is 17.6 Å². The van der Waals surface area contributed by atoms with Crippen LogP contribution in [-0.2, 0) is 14.8 Å². The van der Waals surface area contributed by atoms with Gasteiger partial charge in [-0.3, -0.25) is 9.52 Å². The minimum absolute atomic E-state index is 0.0336. The Kier molecular flexibility index (Phi) is 4.54. The summed E-state index contributed by atoms with van der Waals surface area (Å²) in [5.41, 5.74) is 0.0336. The van der Waals surface area contributed by atoms with Crippen molar-refractivity contribution in [3.63, 3.8) is 0 Å². The van der Waals surface area contributed by atoms with E-state index >= 15 is 0 Å². The maximum absolute atomic E-state index is 13.1. The molecule has 2 N–H and O–H groups in total. The molecule has 2 aromatic rings. The van der Waals surface area contributed by atoms with Crippen LogP contribution in [0.3, 0.4) is 0 Å². The normalized spacial score (nSPS) is 11.2. The molecule has 0 saturated carbocycles. The van der Waals surface area contributed by atoms with E-state index in [4.69, 9.17) is 0 Å². The summed E-state index contributed by atoms with van der Waals surface area (Å²) in [6.45, 7) is 1.26. The zero-order chi connectivity index (χ0) is 15.6. The lowest BCUT2D eigenvalue weighted by atomic mass is 10.3. The summed E-state index contributed by atoms with van der Waals surface area (Å²) in [5, 5.41) is 9.40. The molecule has 1 aromatic heterocycles. The molecule has 0 saturated heterocycles. The molecule has 0 atom stereocenters. The minimum atomic E-state index is -4.02. The molecule has 0 bridgehead atoms. The summed E-state index contributed by atoms with van der Waals surface area (Å²) >= 11 is 3.79. The third kappa shape index (κ3) is 3.95. The van der Waals surface area contributed by atoms with Crippen molar-refractivity contribution in [3.05, 3.63) is 28.5 Å². The number of nitrogens with one attached hydrogen (secondary N) is 2. The fourth-order valence-corrected chi connectivity index (χ4v) is 3.78. The number of hydrogen-bond acceptors (Lipinski definition) is 6. The van der Waals surface area contributed by atoms with E-state index in [0.717, 1.165) is 6.07 Å². The topological polar surface area (TPSA) is 101 Å². The smallest absolute Gasteiger partial charge is 0.291 e. The second-order valence-electron chi connectivity index (χ2n) is 3.78. The predicted octanol–water partition coefficient (Wildman–Crippen LogP) is 2.20. The summed E-state index contributed by atoms with van der Waals surface area (Å²) in [5.74, 6) is -0.983. The van der Waals surface area contributed by atoms with Crippen LogP contribution >= 0.6 is 27.3 Å². The van der Waals surface area contributed by atoms with E-state index in [-0.39, 0.29) is 15.2 Å². The molecular formula is C10H8BrFN4O3S2. The van der Waals surface area contributed by atoms with Crippen LogP contribution < -0.4 is 10.0 Å². The second kappa shape index (κ2) is 6.03. The third-order valence-electron chi connectivity index (χ3n) is 2.09. The Hall–Kier alpha value is -1.59. The third-order valence-corrected chi connectivity index (χ3v) is 5.36. The Morgan fingerprint density at radius 2 is 2.10 bits per heavy atom. The number of halogens is 2. The van der Waals surface area contributed by atoms with Crippen LogP contribution in [0.1, 0.15) is 6.92 Å². The monoisotopic (exact) mass is 394 g/mol. The van der Waals surface area contributed by atoms with Crippen LogP contribution in [0.2, 0.25) is 0 Å². The van der Waals surface area contributed by atoms with Crippen molar-refractivity contribution in [2.24, 2.45) is 0 Å². The molecule has 0 aliphatic carbocycles. The van der Waals surface area contributed by atoms with Gasteiger partial charge in [-0.05, 0) is 34.1 Å². The lowest BCUT2D eigenvalue weighted by Gasteiger charge is -2.07. The highest BCUT2D eigenvalue weighted by molar-refractivity contribution is 9.10. The van der Waals surface area contributed by atoms with Crippen LogP contribution in [0, 0.1) is 5.82 Å². The first-order valence-corrected chi connectivity index (χ1v) is 8.46. The minimum Gasteiger partial charge on any atom is -0.301 e. The van der Waals surface area contributed by atoms with Gasteiger partial charge in [0.05, 0.1) is 5.69 Å². The molecule has 11 heteroatoms. The van der Waals surface area contributed by atoms with Gasteiger partial charge in [0.15, 0.2) is 0 Å². The standard InChI is InChI=1S/C10H8BrFN4O3S2/c1-5(17)13-9-14-15-10(20-9)21(18,19)16-8-4-6(12)2-3-7(8)11/h2-4,16H,1H3,(H,13,14,17). The maximum atomic E-state index is 13.1. The van der Waals surface area contributed by atoms with Gasteiger partial charge in [-0.25, -0.2) is 4.39 Å². The number of benzene rings is 1. The highest BCUT2D eigenvalue weighted by Crippen LogP contribution is 2.27. The lowest BCUT2D eigenvalue weighted by molar-refractivity contribution is -0.114. The van der Waals surface area contributed by atoms with E-state index in [1.807, 2.05) is 0 Å².